The Morgan fingerprint density at radius 1 is 1.04 bits per heavy atom. The van der Waals surface area contributed by atoms with Crippen LogP contribution in [0.4, 0.5) is 5.69 Å². The Labute approximate surface area is 169 Å². The molecular formula is C20H26N2O5S. The Balaban J connectivity index is 0.00000136. The van der Waals surface area contributed by atoms with Gasteiger partial charge in [-0.05, 0) is 49.1 Å². The minimum Gasteiger partial charge on any atom is -0.495 e. The van der Waals surface area contributed by atoms with Crippen molar-refractivity contribution in [3.63, 3.8) is 0 Å². The van der Waals surface area contributed by atoms with Crippen LogP contribution in [0.3, 0.4) is 0 Å². The molecule has 2 N–H and O–H groups in total. The number of rotatable bonds is 7. The van der Waals surface area contributed by atoms with E-state index >= 15 is 0 Å². The van der Waals surface area contributed by atoms with E-state index in [0.717, 1.165) is 36.6 Å². The Bertz CT molecular complexity index is 724. The molecule has 2 aromatic carbocycles. The van der Waals surface area contributed by atoms with Crippen LogP contribution in [0.25, 0.3) is 0 Å². The molecule has 0 atom stereocenters. The lowest BCUT2D eigenvalue weighted by Crippen LogP contribution is -2.34. The van der Waals surface area contributed by atoms with Crippen LogP contribution >= 0.6 is 11.9 Å². The number of hydrogen-bond donors (Lipinski definition) is 2. The average Bonchev–Trinajstić information content (AvgIpc) is 2.76. The molecule has 7 nitrogen and oxygen atoms in total. The molecule has 0 aromatic heterocycles. The van der Waals surface area contributed by atoms with Crippen LogP contribution in [-0.2, 0) is 4.79 Å². The summed E-state index contributed by atoms with van der Waals surface area (Å²) in [5.74, 6) is 2.17. The van der Waals surface area contributed by atoms with Crippen molar-refractivity contribution in [2.24, 2.45) is 0 Å². The molecule has 1 aliphatic rings. The normalized spacial score (nSPS) is 14.5. The van der Waals surface area contributed by atoms with Gasteiger partial charge in [0.25, 0.3) is 0 Å². The highest BCUT2D eigenvalue weighted by Crippen LogP contribution is 2.43. The second kappa shape index (κ2) is 11.4. The lowest BCUT2D eigenvalue weighted by molar-refractivity contribution is -0.0979. The maximum Gasteiger partial charge on any atom is 0.145 e. The van der Waals surface area contributed by atoms with Gasteiger partial charge in [0.2, 0.25) is 0 Å². The van der Waals surface area contributed by atoms with Gasteiger partial charge in [-0.2, -0.15) is 0 Å². The number of nitrogens with zero attached hydrogens (tertiary/aromatic N) is 1. The van der Waals surface area contributed by atoms with E-state index in [1.807, 2.05) is 43.2 Å². The lowest BCUT2D eigenvalue weighted by atomic mass is 10.1. The molecule has 0 bridgehead atoms. The summed E-state index contributed by atoms with van der Waals surface area (Å²) in [6, 6.07) is 13.5. The highest BCUT2D eigenvalue weighted by Gasteiger charge is 2.24. The number of piperidine rings is 1. The van der Waals surface area contributed by atoms with E-state index < -0.39 is 0 Å². The van der Waals surface area contributed by atoms with Crippen LogP contribution in [0.2, 0.25) is 0 Å². The molecule has 0 aliphatic carbocycles. The quantitative estimate of drug-likeness (QED) is 0.530. The molecule has 0 spiro atoms. The fourth-order valence-electron chi connectivity index (χ4n) is 2.93. The van der Waals surface area contributed by atoms with Crippen LogP contribution in [0.1, 0.15) is 12.8 Å². The first kappa shape index (κ1) is 21.9. The first-order valence-electron chi connectivity index (χ1n) is 8.83. The van der Waals surface area contributed by atoms with Gasteiger partial charge >= 0.3 is 0 Å². The van der Waals surface area contributed by atoms with Gasteiger partial charge in [-0.1, -0.05) is 18.2 Å². The van der Waals surface area contributed by atoms with Gasteiger partial charge in [-0.3, -0.25) is 10.7 Å². The van der Waals surface area contributed by atoms with Crippen molar-refractivity contribution in [1.82, 2.24) is 4.31 Å². The Morgan fingerprint density at radius 3 is 2.21 bits per heavy atom. The van der Waals surface area contributed by atoms with Crippen molar-refractivity contribution in [2.75, 3.05) is 32.8 Å². The number of para-hydroxylation sites is 1. The molecule has 0 saturated carbocycles. The summed E-state index contributed by atoms with van der Waals surface area (Å²) in [6.45, 7) is 3.76. The standard InChI is InChI=1S/C19H24N2O4S.CH2O/c1-23-16-8-9-17(24-2)19(18(16)20-22)26-21-12-10-15(11-13-21)25-14-6-4-3-5-7-14;1-2/h3-9,15,20,22H,10-13H2,1-2H3;1H2. The Morgan fingerprint density at radius 2 is 1.64 bits per heavy atom. The smallest absolute Gasteiger partial charge is 0.145 e. The topological polar surface area (TPSA) is 80.3 Å². The van der Waals surface area contributed by atoms with Crippen LogP contribution in [-0.4, -0.2) is 49.7 Å². The molecule has 1 aliphatic heterocycles. The van der Waals surface area contributed by atoms with Crippen LogP contribution in [0.5, 0.6) is 17.2 Å². The molecule has 152 valence electrons. The number of benzene rings is 2. The zero-order valence-corrected chi connectivity index (χ0v) is 16.9. The van der Waals surface area contributed by atoms with Crippen molar-refractivity contribution in [2.45, 2.75) is 23.8 Å². The molecule has 1 saturated heterocycles. The van der Waals surface area contributed by atoms with E-state index in [2.05, 4.69) is 9.79 Å². The van der Waals surface area contributed by atoms with Gasteiger partial charge in [0.15, 0.2) is 0 Å². The molecule has 0 amide bonds. The first-order chi connectivity index (χ1) is 13.7. The number of carbonyl (C=O) groups excluding carboxylic acids is 1. The SMILES string of the molecule is C=O.COc1ccc(OC)c(SN2CCC(Oc3ccccc3)CC2)c1NO. The third kappa shape index (κ3) is 5.54. The Hall–Kier alpha value is -2.42. The van der Waals surface area contributed by atoms with Gasteiger partial charge in [0, 0.05) is 13.1 Å². The fourth-order valence-corrected chi connectivity index (χ4v) is 4.07. The summed E-state index contributed by atoms with van der Waals surface area (Å²) in [5.41, 5.74) is 2.76. The van der Waals surface area contributed by atoms with Crippen LogP contribution in [0, 0.1) is 0 Å². The monoisotopic (exact) mass is 406 g/mol. The molecule has 0 unspecified atom stereocenters. The molecule has 8 heteroatoms. The first-order valence-corrected chi connectivity index (χ1v) is 9.61. The number of methoxy groups -OCH3 is 2. The predicted molar refractivity (Wildman–Crippen MR) is 110 cm³/mol. The fraction of sp³-hybridized carbons (Fsp3) is 0.350. The molecule has 3 rings (SSSR count). The minimum absolute atomic E-state index is 0.219. The summed E-state index contributed by atoms with van der Waals surface area (Å²) in [5, 5.41) is 9.55. The third-order valence-electron chi connectivity index (χ3n) is 4.30. The maximum atomic E-state index is 9.55. The molecule has 1 fully saturated rings. The number of nitrogens with one attached hydrogen (secondary N) is 1. The van der Waals surface area contributed by atoms with Gasteiger partial charge in [-0.15, -0.1) is 0 Å². The zero-order valence-electron chi connectivity index (χ0n) is 16.1. The summed E-state index contributed by atoms with van der Waals surface area (Å²) >= 11 is 1.56. The molecule has 1 heterocycles. The van der Waals surface area contributed by atoms with Gasteiger partial charge in [-0.25, -0.2) is 4.31 Å². The summed E-state index contributed by atoms with van der Waals surface area (Å²) in [6.07, 6.45) is 2.10. The van der Waals surface area contributed by atoms with E-state index in [9.17, 15) is 5.21 Å². The van der Waals surface area contributed by atoms with E-state index in [0.29, 0.717) is 17.2 Å². The number of carbonyl (C=O) groups is 1. The van der Waals surface area contributed by atoms with Crippen molar-refractivity contribution in [3.8, 4) is 17.2 Å². The Kier molecular flexibility index (Phi) is 8.93. The summed E-state index contributed by atoms with van der Waals surface area (Å²) < 4.78 is 19.1. The molecule has 28 heavy (non-hydrogen) atoms. The van der Waals surface area contributed by atoms with E-state index in [1.165, 1.54) is 0 Å². The van der Waals surface area contributed by atoms with E-state index in [-0.39, 0.29) is 6.10 Å². The van der Waals surface area contributed by atoms with Crippen molar-refractivity contribution >= 4 is 24.4 Å². The number of hydrogen-bond acceptors (Lipinski definition) is 8. The minimum atomic E-state index is 0.219. The number of anilines is 1. The van der Waals surface area contributed by atoms with Gasteiger partial charge in [0.05, 0.1) is 19.1 Å². The van der Waals surface area contributed by atoms with Crippen LogP contribution in [0.15, 0.2) is 47.4 Å². The number of ether oxygens (including phenoxy) is 3. The van der Waals surface area contributed by atoms with Gasteiger partial charge in [0.1, 0.15) is 35.8 Å². The third-order valence-corrected chi connectivity index (χ3v) is 5.51. The average molecular weight is 407 g/mol. The molecule has 2 aromatic rings. The van der Waals surface area contributed by atoms with E-state index in [1.54, 1.807) is 32.2 Å². The predicted octanol–water partition coefficient (Wildman–Crippen LogP) is 3.87. The lowest BCUT2D eigenvalue weighted by Gasteiger charge is -2.32. The molecule has 0 radical (unpaired) electrons. The second-order valence-electron chi connectivity index (χ2n) is 5.94. The zero-order chi connectivity index (χ0) is 20.4. The maximum absolute atomic E-state index is 9.55. The van der Waals surface area contributed by atoms with Gasteiger partial charge < -0.3 is 19.0 Å². The highest BCUT2D eigenvalue weighted by molar-refractivity contribution is 7.97. The summed E-state index contributed by atoms with van der Waals surface area (Å²) in [7, 11) is 3.19. The van der Waals surface area contributed by atoms with Crippen molar-refractivity contribution < 1.29 is 24.2 Å². The van der Waals surface area contributed by atoms with Crippen molar-refractivity contribution in [1.29, 1.82) is 0 Å². The summed E-state index contributed by atoms with van der Waals surface area (Å²) in [4.78, 5) is 8.80. The van der Waals surface area contributed by atoms with Crippen molar-refractivity contribution in [3.05, 3.63) is 42.5 Å². The highest BCUT2D eigenvalue weighted by atomic mass is 32.2. The second-order valence-corrected chi connectivity index (χ2v) is 7.04. The van der Waals surface area contributed by atoms with Crippen LogP contribution < -0.4 is 19.7 Å². The van der Waals surface area contributed by atoms with E-state index in [4.69, 9.17) is 19.0 Å². The largest absolute Gasteiger partial charge is 0.495 e. The molecular weight excluding hydrogens is 380 g/mol.